The summed E-state index contributed by atoms with van der Waals surface area (Å²) < 4.78 is 2.05. The zero-order valence-electron chi connectivity index (χ0n) is 7.96. The number of imidazole rings is 1. The Balaban J connectivity index is 2.98. The lowest BCUT2D eigenvalue weighted by atomic mass is 10.3. The van der Waals surface area contributed by atoms with Crippen molar-refractivity contribution in [2.24, 2.45) is 7.05 Å². The highest BCUT2D eigenvalue weighted by Crippen LogP contribution is 2.10. The molecule has 0 aliphatic carbocycles. The summed E-state index contributed by atoms with van der Waals surface area (Å²) in [7, 11) is 1.99. The van der Waals surface area contributed by atoms with Crippen molar-refractivity contribution in [1.82, 2.24) is 9.55 Å². The summed E-state index contributed by atoms with van der Waals surface area (Å²) in [4.78, 5) is 4.33. The normalized spacial score (nSPS) is 10.7. The molecule has 0 aliphatic rings. The standard InChI is InChI=1S/C9H16N2O/c1-4-5-9-10-8(6-12)7(2)11(9)3/h12H,4-6H2,1-3H3. The van der Waals surface area contributed by atoms with Gasteiger partial charge in [0, 0.05) is 19.2 Å². The molecule has 1 heterocycles. The Morgan fingerprint density at radius 2 is 2.17 bits per heavy atom. The van der Waals surface area contributed by atoms with Crippen LogP contribution in [0.5, 0.6) is 0 Å². The van der Waals surface area contributed by atoms with E-state index in [1.54, 1.807) is 0 Å². The highest BCUT2D eigenvalue weighted by Gasteiger charge is 2.08. The minimum absolute atomic E-state index is 0.0450. The zero-order chi connectivity index (χ0) is 9.14. The van der Waals surface area contributed by atoms with Gasteiger partial charge in [0.1, 0.15) is 5.82 Å². The van der Waals surface area contributed by atoms with Gasteiger partial charge in [0.2, 0.25) is 0 Å². The maximum atomic E-state index is 8.95. The largest absolute Gasteiger partial charge is 0.390 e. The number of hydrogen-bond donors (Lipinski definition) is 1. The molecule has 0 aliphatic heterocycles. The van der Waals surface area contributed by atoms with E-state index < -0.39 is 0 Å². The molecule has 0 amide bonds. The number of aliphatic hydroxyl groups excluding tert-OH is 1. The van der Waals surface area contributed by atoms with Gasteiger partial charge in [0.05, 0.1) is 12.3 Å². The van der Waals surface area contributed by atoms with Crippen molar-refractivity contribution in [3.8, 4) is 0 Å². The Bertz CT molecular complexity index is 266. The summed E-state index contributed by atoms with van der Waals surface area (Å²) in [5, 5.41) is 8.95. The van der Waals surface area contributed by atoms with E-state index >= 15 is 0 Å². The summed E-state index contributed by atoms with van der Waals surface area (Å²) >= 11 is 0. The van der Waals surface area contributed by atoms with Gasteiger partial charge in [0.15, 0.2) is 0 Å². The van der Waals surface area contributed by atoms with E-state index in [9.17, 15) is 0 Å². The van der Waals surface area contributed by atoms with Gasteiger partial charge in [-0.25, -0.2) is 4.98 Å². The molecule has 12 heavy (non-hydrogen) atoms. The molecule has 0 fully saturated rings. The van der Waals surface area contributed by atoms with Crippen molar-refractivity contribution in [3.63, 3.8) is 0 Å². The number of aromatic nitrogens is 2. The molecule has 0 unspecified atom stereocenters. The average molecular weight is 168 g/mol. The van der Waals surface area contributed by atoms with Crippen LogP contribution in [0.3, 0.4) is 0 Å². The second-order valence-corrected chi connectivity index (χ2v) is 3.03. The number of aliphatic hydroxyl groups is 1. The number of rotatable bonds is 3. The van der Waals surface area contributed by atoms with Crippen LogP contribution in [0.15, 0.2) is 0 Å². The Morgan fingerprint density at radius 3 is 2.58 bits per heavy atom. The molecule has 68 valence electrons. The summed E-state index contributed by atoms with van der Waals surface area (Å²) in [5.41, 5.74) is 1.88. The molecule has 0 saturated carbocycles. The van der Waals surface area contributed by atoms with E-state index in [0.717, 1.165) is 30.1 Å². The molecule has 3 nitrogen and oxygen atoms in total. The lowest BCUT2D eigenvalue weighted by Crippen LogP contribution is -1.98. The minimum atomic E-state index is 0.0450. The van der Waals surface area contributed by atoms with Gasteiger partial charge in [0.25, 0.3) is 0 Å². The van der Waals surface area contributed by atoms with Crippen LogP contribution in [0, 0.1) is 6.92 Å². The predicted molar refractivity (Wildman–Crippen MR) is 47.9 cm³/mol. The molecular weight excluding hydrogens is 152 g/mol. The van der Waals surface area contributed by atoms with Crippen molar-refractivity contribution < 1.29 is 5.11 Å². The first-order chi connectivity index (χ1) is 5.70. The van der Waals surface area contributed by atoms with Crippen molar-refractivity contribution >= 4 is 0 Å². The van der Waals surface area contributed by atoms with E-state index in [0.29, 0.717) is 0 Å². The number of aryl methyl sites for hydroxylation is 1. The molecule has 0 aromatic carbocycles. The van der Waals surface area contributed by atoms with Crippen LogP contribution in [0.4, 0.5) is 0 Å². The second kappa shape index (κ2) is 3.72. The third kappa shape index (κ3) is 1.50. The van der Waals surface area contributed by atoms with Crippen LogP contribution in [0.25, 0.3) is 0 Å². The topological polar surface area (TPSA) is 38.1 Å². The van der Waals surface area contributed by atoms with Crippen molar-refractivity contribution in [3.05, 3.63) is 17.2 Å². The van der Waals surface area contributed by atoms with Gasteiger partial charge in [-0.05, 0) is 13.3 Å². The SMILES string of the molecule is CCCc1nc(CO)c(C)n1C. The van der Waals surface area contributed by atoms with E-state index in [4.69, 9.17) is 5.11 Å². The zero-order valence-corrected chi connectivity index (χ0v) is 7.96. The van der Waals surface area contributed by atoms with Crippen LogP contribution in [-0.2, 0) is 20.1 Å². The lowest BCUT2D eigenvalue weighted by Gasteiger charge is -1.99. The Hall–Kier alpha value is -0.830. The van der Waals surface area contributed by atoms with Gasteiger partial charge in [-0.1, -0.05) is 6.92 Å². The smallest absolute Gasteiger partial charge is 0.109 e. The first-order valence-electron chi connectivity index (χ1n) is 4.32. The van der Waals surface area contributed by atoms with E-state index in [2.05, 4.69) is 16.5 Å². The van der Waals surface area contributed by atoms with E-state index in [1.807, 2.05) is 14.0 Å². The first-order valence-corrected chi connectivity index (χ1v) is 4.32. The van der Waals surface area contributed by atoms with Crippen LogP contribution in [0.2, 0.25) is 0 Å². The monoisotopic (exact) mass is 168 g/mol. The van der Waals surface area contributed by atoms with Crippen LogP contribution in [-0.4, -0.2) is 14.7 Å². The fourth-order valence-electron chi connectivity index (χ4n) is 1.30. The molecule has 0 spiro atoms. The van der Waals surface area contributed by atoms with Gasteiger partial charge in [-0.2, -0.15) is 0 Å². The van der Waals surface area contributed by atoms with Crippen LogP contribution >= 0.6 is 0 Å². The highest BCUT2D eigenvalue weighted by atomic mass is 16.3. The van der Waals surface area contributed by atoms with Gasteiger partial charge >= 0.3 is 0 Å². The third-order valence-electron chi connectivity index (χ3n) is 2.20. The summed E-state index contributed by atoms with van der Waals surface area (Å²) in [6.07, 6.45) is 2.08. The number of hydrogen-bond acceptors (Lipinski definition) is 2. The molecule has 1 aromatic heterocycles. The minimum Gasteiger partial charge on any atom is -0.390 e. The Morgan fingerprint density at radius 1 is 1.50 bits per heavy atom. The summed E-state index contributed by atoms with van der Waals surface area (Å²) in [6.45, 7) is 4.16. The molecule has 0 bridgehead atoms. The van der Waals surface area contributed by atoms with Gasteiger partial charge in [-0.3, -0.25) is 0 Å². The van der Waals surface area contributed by atoms with Crippen molar-refractivity contribution in [1.29, 1.82) is 0 Å². The second-order valence-electron chi connectivity index (χ2n) is 3.03. The van der Waals surface area contributed by atoms with Gasteiger partial charge in [-0.15, -0.1) is 0 Å². The molecule has 1 rings (SSSR count). The summed E-state index contributed by atoms with van der Waals surface area (Å²) in [5.74, 6) is 1.07. The lowest BCUT2D eigenvalue weighted by molar-refractivity contribution is 0.276. The van der Waals surface area contributed by atoms with E-state index in [1.165, 1.54) is 0 Å². The molecule has 1 aromatic rings. The fraction of sp³-hybridized carbons (Fsp3) is 0.667. The molecule has 3 heteroatoms. The van der Waals surface area contributed by atoms with Crippen molar-refractivity contribution in [2.45, 2.75) is 33.3 Å². The van der Waals surface area contributed by atoms with Gasteiger partial charge < -0.3 is 9.67 Å². The Labute approximate surface area is 73.1 Å². The summed E-state index contributed by atoms with van der Waals surface area (Å²) in [6, 6.07) is 0. The molecule has 0 atom stereocenters. The van der Waals surface area contributed by atoms with Crippen LogP contribution < -0.4 is 0 Å². The maximum absolute atomic E-state index is 8.95. The quantitative estimate of drug-likeness (QED) is 0.735. The fourth-order valence-corrected chi connectivity index (χ4v) is 1.30. The Kier molecular flexibility index (Phi) is 2.87. The maximum Gasteiger partial charge on any atom is 0.109 e. The molecule has 0 saturated heterocycles. The third-order valence-corrected chi connectivity index (χ3v) is 2.20. The predicted octanol–water partition coefficient (Wildman–Crippen LogP) is 1.17. The van der Waals surface area contributed by atoms with Crippen molar-refractivity contribution in [2.75, 3.05) is 0 Å². The molecule has 1 N–H and O–H groups in total. The molecule has 0 radical (unpaired) electrons. The molecular formula is C9H16N2O. The number of nitrogens with zero attached hydrogens (tertiary/aromatic N) is 2. The highest BCUT2D eigenvalue weighted by molar-refractivity contribution is 5.14. The van der Waals surface area contributed by atoms with E-state index in [-0.39, 0.29) is 6.61 Å². The average Bonchev–Trinajstić information content (AvgIpc) is 2.33. The first kappa shape index (κ1) is 9.26. The van der Waals surface area contributed by atoms with Crippen LogP contribution in [0.1, 0.15) is 30.6 Å².